The molecule has 0 amide bonds. The van der Waals surface area contributed by atoms with Gasteiger partial charge in [-0.25, -0.2) is 4.79 Å². The van der Waals surface area contributed by atoms with Gasteiger partial charge in [0, 0.05) is 4.88 Å². The molecule has 1 aromatic carbocycles. The van der Waals surface area contributed by atoms with Gasteiger partial charge in [0.25, 0.3) is 0 Å². The zero-order valence-electron chi connectivity index (χ0n) is 10.9. The molecule has 0 aliphatic heterocycles. The van der Waals surface area contributed by atoms with Crippen LogP contribution in [0.25, 0.3) is 10.4 Å². The molecular weight excluding hydrogens is 256 g/mol. The number of hydrogen-bond donors (Lipinski definition) is 0. The summed E-state index contributed by atoms with van der Waals surface area (Å²) in [6.07, 6.45) is 4.97. The van der Waals surface area contributed by atoms with Crippen LogP contribution in [0.5, 0.6) is 0 Å². The molecule has 1 aliphatic carbocycles. The fourth-order valence-electron chi connectivity index (χ4n) is 2.59. The fourth-order valence-corrected chi connectivity index (χ4v) is 3.51. The first-order valence-corrected chi connectivity index (χ1v) is 7.40. The molecule has 1 aromatic heterocycles. The van der Waals surface area contributed by atoms with Crippen molar-refractivity contribution in [1.29, 1.82) is 0 Å². The van der Waals surface area contributed by atoms with Gasteiger partial charge >= 0.3 is 5.97 Å². The summed E-state index contributed by atoms with van der Waals surface area (Å²) in [4.78, 5) is 13.3. The number of esters is 1. The summed E-state index contributed by atoms with van der Waals surface area (Å²) < 4.78 is 4.75. The van der Waals surface area contributed by atoms with E-state index in [1.807, 2.05) is 12.1 Å². The van der Waals surface area contributed by atoms with Crippen molar-refractivity contribution in [3.63, 3.8) is 0 Å². The third-order valence-electron chi connectivity index (χ3n) is 3.63. The first-order valence-electron chi connectivity index (χ1n) is 6.58. The van der Waals surface area contributed by atoms with Crippen molar-refractivity contribution in [2.24, 2.45) is 0 Å². The number of hydrogen-bond acceptors (Lipinski definition) is 3. The second-order valence-corrected chi connectivity index (χ2v) is 5.93. The number of aryl methyl sites for hydroxylation is 2. The minimum Gasteiger partial charge on any atom is -0.465 e. The van der Waals surface area contributed by atoms with Crippen LogP contribution in [0.4, 0.5) is 0 Å². The van der Waals surface area contributed by atoms with Crippen LogP contribution < -0.4 is 0 Å². The van der Waals surface area contributed by atoms with Gasteiger partial charge in [-0.3, -0.25) is 0 Å². The fraction of sp³-hybridized carbons (Fsp3) is 0.312. The van der Waals surface area contributed by atoms with Crippen molar-refractivity contribution in [2.75, 3.05) is 7.11 Å². The van der Waals surface area contributed by atoms with E-state index in [-0.39, 0.29) is 5.97 Å². The Morgan fingerprint density at radius 3 is 2.68 bits per heavy atom. The monoisotopic (exact) mass is 272 g/mol. The van der Waals surface area contributed by atoms with E-state index in [1.54, 1.807) is 0 Å². The van der Waals surface area contributed by atoms with E-state index in [2.05, 4.69) is 18.2 Å². The van der Waals surface area contributed by atoms with Gasteiger partial charge in [0.1, 0.15) is 4.88 Å². The molecule has 0 N–H and O–H groups in total. The molecule has 0 fully saturated rings. The SMILES string of the molecule is COC(=O)c1ccc(-c2ccc3c(c2)CCCC3)s1. The molecular formula is C16H16O2S. The van der Waals surface area contributed by atoms with E-state index < -0.39 is 0 Å². The molecule has 0 atom stereocenters. The highest BCUT2D eigenvalue weighted by Crippen LogP contribution is 2.32. The van der Waals surface area contributed by atoms with Gasteiger partial charge in [0.05, 0.1) is 7.11 Å². The largest absolute Gasteiger partial charge is 0.465 e. The minimum atomic E-state index is -0.255. The molecule has 0 radical (unpaired) electrons. The first kappa shape index (κ1) is 12.4. The third-order valence-corrected chi connectivity index (χ3v) is 4.74. The lowest BCUT2D eigenvalue weighted by Crippen LogP contribution is -2.01. The average Bonchev–Trinajstić information content (AvgIpc) is 2.95. The van der Waals surface area contributed by atoms with Crippen LogP contribution in [0, 0.1) is 0 Å². The van der Waals surface area contributed by atoms with Crippen molar-refractivity contribution in [3.05, 3.63) is 46.3 Å². The first-order chi connectivity index (χ1) is 9.28. The summed E-state index contributed by atoms with van der Waals surface area (Å²) >= 11 is 1.49. The van der Waals surface area contributed by atoms with Crippen LogP contribution in [0.3, 0.4) is 0 Å². The number of ether oxygens (including phenoxy) is 1. The maximum atomic E-state index is 11.5. The van der Waals surface area contributed by atoms with Crippen LogP contribution in [0.2, 0.25) is 0 Å². The Morgan fingerprint density at radius 2 is 1.89 bits per heavy atom. The number of rotatable bonds is 2. The lowest BCUT2D eigenvalue weighted by atomic mass is 9.90. The van der Waals surface area contributed by atoms with Gasteiger partial charge in [-0.1, -0.05) is 18.2 Å². The molecule has 0 saturated carbocycles. The van der Waals surface area contributed by atoms with Crippen LogP contribution >= 0.6 is 11.3 Å². The number of carbonyl (C=O) groups excluding carboxylic acids is 1. The molecule has 1 aliphatic rings. The van der Waals surface area contributed by atoms with Crippen LogP contribution in [0.1, 0.15) is 33.6 Å². The number of benzene rings is 1. The van der Waals surface area contributed by atoms with Gasteiger partial charge in [-0.05, 0) is 54.5 Å². The van der Waals surface area contributed by atoms with Crippen molar-refractivity contribution in [1.82, 2.24) is 0 Å². The maximum Gasteiger partial charge on any atom is 0.348 e. The Hall–Kier alpha value is -1.61. The summed E-state index contributed by atoms with van der Waals surface area (Å²) in [6, 6.07) is 10.5. The van der Waals surface area contributed by atoms with E-state index in [1.165, 1.54) is 60.8 Å². The predicted molar refractivity (Wildman–Crippen MR) is 77.7 cm³/mol. The molecule has 1 heterocycles. The third kappa shape index (κ3) is 2.43. The molecule has 2 aromatic rings. The van der Waals surface area contributed by atoms with Gasteiger partial charge in [0.2, 0.25) is 0 Å². The Bertz CT molecular complexity index is 613. The molecule has 98 valence electrons. The number of fused-ring (bicyclic) bond motifs is 1. The molecule has 0 bridgehead atoms. The maximum absolute atomic E-state index is 11.5. The van der Waals surface area contributed by atoms with Crippen LogP contribution in [-0.4, -0.2) is 13.1 Å². The summed E-state index contributed by atoms with van der Waals surface area (Å²) in [5.74, 6) is -0.255. The lowest BCUT2D eigenvalue weighted by molar-refractivity contribution is 0.0606. The quantitative estimate of drug-likeness (QED) is 0.770. The van der Waals surface area contributed by atoms with Crippen LogP contribution in [0.15, 0.2) is 30.3 Å². The van der Waals surface area contributed by atoms with Crippen molar-refractivity contribution in [3.8, 4) is 10.4 Å². The molecule has 0 unspecified atom stereocenters. The summed E-state index contributed by atoms with van der Waals surface area (Å²) in [6.45, 7) is 0. The second kappa shape index (κ2) is 5.17. The predicted octanol–water partition coefficient (Wildman–Crippen LogP) is 4.08. The van der Waals surface area contributed by atoms with Crippen molar-refractivity contribution < 1.29 is 9.53 Å². The van der Waals surface area contributed by atoms with E-state index in [0.29, 0.717) is 4.88 Å². The lowest BCUT2D eigenvalue weighted by Gasteiger charge is -2.16. The van der Waals surface area contributed by atoms with Crippen LogP contribution in [-0.2, 0) is 17.6 Å². The van der Waals surface area contributed by atoms with Crippen molar-refractivity contribution in [2.45, 2.75) is 25.7 Å². The van der Waals surface area contributed by atoms with Gasteiger partial charge in [-0.15, -0.1) is 11.3 Å². The topological polar surface area (TPSA) is 26.3 Å². The van der Waals surface area contributed by atoms with Gasteiger partial charge < -0.3 is 4.74 Å². The standard InChI is InChI=1S/C16H16O2S/c1-18-16(17)15-9-8-14(19-15)13-7-6-11-4-2-3-5-12(11)10-13/h6-10H,2-5H2,1H3. The molecule has 19 heavy (non-hydrogen) atoms. The average molecular weight is 272 g/mol. The highest BCUT2D eigenvalue weighted by Gasteiger charge is 2.13. The molecule has 3 rings (SSSR count). The van der Waals surface area contributed by atoms with Gasteiger partial charge in [0.15, 0.2) is 0 Å². The Balaban J connectivity index is 1.93. The minimum absolute atomic E-state index is 0.255. The Kier molecular flexibility index (Phi) is 3.38. The second-order valence-electron chi connectivity index (χ2n) is 4.85. The van der Waals surface area contributed by atoms with E-state index in [9.17, 15) is 4.79 Å². The van der Waals surface area contributed by atoms with E-state index >= 15 is 0 Å². The van der Waals surface area contributed by atoms with Crippen molar-refractivity contribution >= 4 is 17.3 Å². The normalized spacial score (nSPS) is 13.9. The molecule has 2 nitrogen and oxygen atoms in total. The number of thiophene rings is 1. The summed E-state index contributed by atoms with van der Waals surface area (Å²) in [5.41, 5.74) is 4.16. The Labute approximate surface area is 117 Å². The van der Waals surface area contributed by atoms with E-state index in [4.69, 9.17) is 4.74 Å². The molecule has 0 saturated heterocycles. The number of carbonyl (C=O) groups is 1. The zero-order valence-corrected chi connectivity index (χ0v) is 11.8. The number of methoxy groups -OCH3 is 1. The highest BCUT2D eigenvalue weighted by molar-refractivity contribution is 7.17. The summed E-state index contributed by atoms with van der Waals surface area (Å²) in [7, 11) is 1.42. The molecule has 0 spiro atoms. The summed E-state index contributed by atoms with van der Waals surface area (Å²) in [5, 5.41) is 0. The van der Waals surface area contributed by atoms with E-state index in [0.717, 1.165) is 4.88 Å². The zero-order chi connectivity index (χ0) is 13.2. The smallest absolute Gasteiger partial charge is 0.348 e. The highest BCUT2D eigenvalue weighted by atomic mass is 32.1. The van der Waals surface area contributed by atoms with Gasteiger partial charge in [-0.2, -0.15) is 0 Å². The molecule has 3 heteroatoms. The Morgan fingerprint density at radius 1 is 1.11 bits per heavy atom.